The molecular weight excluding hydrogens is 276 g/mol. The Hall–Kier alpha value is -0.670. The molecule has 2 atom stereocenters. The van der Waals surface area contributed by atoms with Crippen LogP contribution in [0, 0.1) is 5.92 Å². The van der Waals surface area contributed by atoms with Crippen LogP contribution in [0.3, 0.4) is 0 Å². The number of hydrogen-bond donors (Lipinski definition) is 1. The molecule has 1 N–H and O–H groups in total. The highest BCUT2D eigenvalue weighted by Crippen LogP contribution is 2.42. The van der Waals surface area contributed by atoms with Crippen molar-refractivity contribution in [3.63, 3.8) is 0 Å². The van der Waals surface area contributed by atoms with Crippen molar-refractivity contribution in [1.29, 1.82) is 0 Å². The largest absolute Gasteiger partial charge is 0.335 e. The Bertz CT molecular complexity index is 485. The highest BCUT2D eigenvalue weighted by Gasteiger charge is 2.39. The van der Waals surface area contributed by atoms with Gasteiger partial charge >= 0.3 is 0 Å². The first-order valence-electron chi connectivity index (χ1n) is 6.90. The Morgan fingerprint density at radius 3 is 2.89 bits per heavy atom. The van der Waals surface area contributed by atoms with Gasteiger partial charge in [0, 0.05) is 16.5 Å². The third-order valence-corrected chi connectivity index (χ3v) is 5.38. The lowest BCUT2D eigenvalue weighted by molar-refractivity contribution is 0.266. The van der Waals surface area contributed by atoms with Crippen molar-refractivity contribution < 1.29 is 0 Å². The van der Waals surface area contributed by atoms with E-state index < -0.39 is 0 Å². The van der Waals surface area contributed by atoms with E-state index in [1.165, 1.54) is 25.7 Å². The van der Waals surface area contributed by atoms with E-state index in [1.54, 1.807) is 0 Å². The Balaban J connectivity index is 1.71. The van der Waals surface area contributed by atoms with E-state index in [4.69, 9.17) is 16.6 Å². The van der Waals surface area contributed by atoms with Gasteiger partial charge in [0.1, 0.15) is 0 Å². The van der Waals surface area contributed by atoms with E-state index >= 15 is 0 Å². The predicted molar refractivity (Wildman–Crippen MR) is 85.3 cm³/mol. The van der Waals surface area contributed by atoms with E-state index in [0.717, 1.165) is 27.5 Å². The maximum atomic E-state index is 5.90. The molecular formula is C15H19ClN2S. The summed E-state index contributed by atoms with van der Waals surface area (Å²) in [6.45, 7) is 2.35. The van der Waals surface area contributed by atoms with Gasteiger partial charge in [-0.15, -0.1) is 0 Å². The van der Waals surface area contributed by atoms with Crippen LogP contribution in [0.15, 0.2) is 29.3 Å². The first kappa shape index (κ1) is 13.3. The molecule has 2 aliphatic rings. The normalized spacial score (nSPS) is 30.4. The van der Waals surface area contributed by atoms with Gasteiger partial charge in [-0.25, -0.2) is 0 Å². The third kappa shape index (κ3) is 3.09. The number of hydrogen-bond acceptors (Lipinski definition) is 3. The minimum atomic E-state index is 0.205. The van der Waals surface area contributed by atoms with Gasteiger partial charge in [0.05, 0.1) is 5.54 Å². The van der Waals surface area contributed by atoms with E-state index in [2.05, 4.69) is 12.2 Å². The standard InChI is InChI=1S/C15H19ClN2S/c1-11-3-2-8-15(9-11)10-19-14(18-15)17-13-6-4-12(16)5-7-13/h4-7,11H,2-3,8-10H2,1H3,(H,17,18). The molecule has 19 heavy (non-hydrogen) atoms. The fourth-order valence-corrected chi connectivity index (χ4v) is 4.37. The second-order valence-electron chi connectivity index (χ2n) is 5.76. The SMILES string of the molecule is CC1CCCC2(CSC(Nc3ccc(Cl)cc3)=N2)C1. The number of nitrogens with one attached hydrogen (secondary N) is 1. The Morgan fingerprint density at radius 1 is 1.37 bits per heavy atom. The summed E-state index contributed by atoms with van der Waals surface area (Å²) in [7, 11) is 0. The molecule has 1 spiro atoms. The van der Waals surface area contributed by atoms with Gasteiger partial charge in [0.15, 0.2) is 5.17 Å². The summed E-state index contributed by atoms with van der Waals surface area (Å²) < 4.78 is 0. The van der Waals surface area contributed by atoms with Gasteiger partial charge in [-0.3, -0.25) is 4.99 Å². The number of nitrogens with zero attached hydrogens (tertiary/aromatic N) is 1. The number of anilines is 1. The van der Waals surface area contributed by atoms with Crippen LogP contribution in [-0.2, 0) is 0 Å². The number of aliphatic imine (C=N–C) groups is 1. The number of rotatable bonds is 1. The molecule has 0 bridgehead atoms. The first-order valence-corrected chi connectivity index (χ1v) is 8.27. The topological polar surface area (TPSA) is 24.4 Å². The molecule has 1 aliphatic carbocycles. The lowest BCUT2D eigenvalue weighted by Crippen LogP contribution is -2.33. The molecule has 1 aromatic rings. The molecule has 2 nitrogen and oxygen atoms in total. The van der Waals surface area contributed by atoms with E-state index in [1.807, 2.05) is 36.0 Å². The van der Waals surface area contributed by atoms with Gasteiger partial charge in [-0.05, 0) is 43.0 Å². The Morgan fingerprint density at radius 2 is 2.16 bits per heavy atom. The fraction of sp³-hybridized carbons (Fsp3) is 0.533. The summed E-state index contributed by atoms with van der Waals surface area (Å²) in [5.41, 5.74) is 1.27. The summed E-state index contributed by atoms with van der Waals surface area (Å²) in [5, 5.41) is 5.24. The smallest absolute Gasteiger partial charge is 0.161 e. The highest BCUT2D eigenvalue weighted by molar-refractivity contribution is 8.14. The minimum Gasteiger partial charge on any atom is -0.335 e. The van der Waals surface area contributed by atoms with E-state index in [9.17, 15) is 0 Å². The Labute approximate surface area is 124 Å². The zero-order valence-electron chi connectivity index (χ0n) is 11.2. The predicted octanol–water partition coefficient (Wildman–Crippen LogP) is 4.80. The molecule has 0 radical (unpaired) electrons. The van der Waals surface area contributed by atoms with Crippen LogP contribution in [0.1, 0.15) is 32.6 Å². The van der Waals surface area contributed by atoms with Crippen molar-refractivity contribution >= 4 is 34.2 Å². The third-order valence-electron chi connectivity index (χ3n) is 3.98. The average molecular weight is 295 g/mol. The van der Waals surface area contributed by atoms with Crippen LogP contribution >= 0.6 is 23.4 Å². The van der Waals surface area contributed by atoms with Crippen molar-refractivity contribution in [1.82, 2.24) is 0 Å². The van der Waals surface area contributed by atoms with Crippen molar-refractivity contribution in [2.75, 3.05) is 11.1 Å². The zero-order valence-corrected chi connectivity index (χ0v) is 12.7. The van der Waals surface area contributed by atoms with Gasteiger partial charge in [-0.1, -0.05) is 43.1 Å². The molecule has 3 rings (SSSR count). The van der Waals surface area contributed by atoms with Crippen LogP contribution in [0.2, 0.25) is 5.02 Å². The van der Waals surface area contributed by atoms with Gasteiger partial charge in [0.2, 0.25) is 0 Å². The molecule has 102 valence electrons. The molecule has 1 aliphatic heterocycles. The van der Waals surface area contributed by atoms with Crippen molar-refractivity contribution in [2.45, 2.75) is 38.1 Å². The van der Waals surface area contributed by atoms with Crippen molar-refractivity contribution in [3.8, 4) is 0 Å². The van der Waals surface area contributed by atoms with Crippen LogP contribution < -0.4 is 5.32 Å². The van der Waals surface area contributed by atoms with Gasteiger partial charge < -0.3 is 5.32 Å². The van der Waals surface area contributed by atoms with Crippen LogP contribution in [0.5, 0.6) is 0 Å². The second-order valence-corrected chi connectivity index (χ2v) is 7.16. The molecule has 1 aromatic carbocycles. The second kappa shape index (κ2) is 5.37. The maximum Gasteiger partial charge on any atom is 0.161 e. The summed E-state index contributed by atoms with van der Waals surface area (Å²) in [4.78, 5) is 4.98. The number of thioether (sulfide) groups is 1. The number of halogens is 1. The monoisotopic (exact) mass is 294 g/mol. The maximum absolute atomic E-state index is 5.90. The first-order chi connectivity index (χ1) is 9.15. The molecule has 1 saturated carbocycles. The molecule has 1 heterocycles. The summed E-state index contributed by atoms with van der Waals surface area (Å²) >= 11 is 7.75. The highest BCUT2D eigenvalue weighted by atomic mass is 35.5. The zero-order chi connectivity index (χ0) is 13.3. The Kier molecular flexibility index (Phi) is 3.77. The number of benzene rings is 1. The van der Waals surface area contributed by atoms with Crippen molar-refractivity contribution in [3.05, 3.63) is 29.3 Å². The molecule has 0 saturated heterocycles. The van der Waals surface area contributed by atoms with Crippen LogP contribution in [0.4, 0.5) is 5.69 Å². The molecule has 2 unspecified atom stereocenters. The quantitative estimate of drug-likeness (QED) is 0.804. The number of amidine groups is 1. The average Bonchev–Trinajstić information content (AvgIpc) is 2.75. The lowest BCUT2D eigenvalue weighted by atomic mass is 9.78. The van der Waals surface area contributed by atoms with E-state index in [-0.39, 0.29) is 5.54 Å². The lowest BCUT2D eigenvalue weighted by Gasteiger charge is -2.33. The summed E-state index contributed by atoms with van der Waals surface area (Å²) in [6.07, 6.45) is 5.17. The van der Waals surface area contributed by atoms with Gasteiger partial charge in [-0.2, -0.15) is 0 Å². The van der Waals surface area contributed by atoms with Crippen LogP contribution in [-0.4, -0.2) is 16.5 Å². The minimum absolute atomic E-state index is 0.205. The molecule has 0 amide bonds. The van der Waals surface area contributed by atoms with Gasteiger partial charge in [0.25, 0.3) is 0 Å². The van der Waals surface area contributed by atoms with E-state index in [0.29, 0.717) is 0 Å². The summed E-state index contributed by atoms with van der Waals surface area (Å²) in [5.74, 6) is 1.95. The van der Waals surface area contributed by atoms with Crippen LogP contribution in [0.25, 0.3) is 0 Å². The van der Waals surface area contributed by atoms with Crippen molar-refractivity contribution in [2.24, 2.45) is 10.9 Å². The molecule has 1 fully saturated rings. The molecule has 4 heteroatoms. The summed E-state index contributed by atoms with van der Waals surface area (Å²) in [6, 6.07) is 7.81. The fourth-order valence-electron chi connectivity index (χ4n) is 3.07. The molecule has 0 aromatic heterocycles.